The summed E-state index contributed by atoms with van der Waals surface area (Å²) in [4.78, 5) is 11.3. The van der Waals surface area contributed by atoms with E-state index in [-0.39, 0.29) is 30.4 Å². The van der Waals surface area contributed by atoms with Gasteiger partial charge >= 0.3 is 0 Å². The molecule has 0 aromatic heterocycles. The molecular weight excluding hydrogens is 266 g/mol. The highest BCUT2D eigenvalue weighted by atomic mass is 35.5. The van der Waals surface area contributed by atoms with Gasteiger partial charge in [-0.05, 0) is 7.05 Å². The first-order chi connectivity index (χ1) is 8.08. The summed E-state index contributed by atoms with van der Waals surface area (Å²) in [6, 6.07) is 2.03. The van der Waals surface area contributed by atoms with E-state index in [1.165, 1.54) is 7.11 Å². The van der Waals surface area contributed by atoms with Crippen molar-refractivity contribution in [3.63, 3.8) is 0 Å². The van der Waals surface area contributed by atoms with Crippen LogP contribution < -0.4 is 15.4 Å². The number of carbonyl (C=O) groups is 1. The number of anilines is 1. The van der Waals surface area contributed by atoms with Crippen LogP contribution in [0.1, 0.15) is 6.42 Å². The molecule has 0 saturated carbocycles. The van der Waals surface area contributed by atoms with E-state index in [9.17, 15) is 13.6 Å². The van der Waals surface area contributed by atoms with Gasteiger partial charge in [0.1, 0.15) is 0 Å². The zero-order valence-electron chi connectivity index (χ0n) is 10.0. The average molecular weight is 281 g/mol. The number of ether oxygens (including phenoxy) is 1. The molecule has 18 heavy (non-hydrogen) atoms. The smallest absolute Gasteiger partial charge is 0.225 e. The Labute approximate surface area is 110 Å². The van der Waals surface area contributed by atoms with Gasteiger partial charge in [-0.15, -0.1) is 12.4 Å². The van der Waals surface area contributed by atoms with Gasteiger partial charge in [0.25, 0.3) is 0 Å². The molecule has 0 fully saturated rings. The van der Waals surface area contributed by atoms with Crippen LogP contribution in [0.25, 0.3) is 0 Å². The highest BCUT2D eigenvalue weighted by molar-refractivity contribution is 5.90. The minimum Gasteiger partial charge on any atom is -0.491 e. The normalized spacial score (nSPS) is 9.56. The number of benzene rings is 1. The summed E-state index contributed by atoms with van der Waals surface area (Å²) < 4.78 is 31.1. The Balaban J connectivity index is 0.00000289. The van der Waals surface area contributed by atoms with Crippen LogP contribution >= 0.6 is 12.4 Å². The van der Waals surface area contributed by atoms with Gasteiger partial charge < -0.3 is 15.4 Å². The van der Waals surface area contributed by atoms with Crippen molar-refractivity contribution in [1.82, 2.24) is 5.32 Å². The number of hydrogen-bond donors (Lipinski definition) is 2. The van der Waals surface area contributed by atoms with Crippen LogP contribution in [0.15, 0.2) is 12.1 Å². The van der Waals surface area contributed by atoms with Crippen molar-refractivity contribution in [2.75, 3.05) is 26.0 Å². The van der Waals surface area contributed by atoms with Gasteiger partial charge in [0.05, 0.1) is 7.11 Å². The van der Waals surface area contributed by atoms with Gasteiger partial charge in [-0.25, -0.2) is 8.78 Å². The first-order valence-corrected chi connectivity index (χ1v) is 5.06. The van der Waals surface area contributed by atoms with Crippen molar-refractivity contribution in [3.8, 4) is 5.75 Å². The predicted molar refractivity (Wildman–Crippen MR) is 67.3 cm³/mol. The molecule has 1 aromatic rings. The summed E-state index contributed by atoms with van der Waals surface area (Å²) >= 11 is 0. The SMILES string of the molecule is CNCCC(=O)Nc1cc(F)c(OC)c(F)c1.Cl. The van der Waals surface area contributed by atoms with Crippen molar-refractivity contribution in [1.29, 1.82) is 0 Å². The second kappa shape index (κ2) is 7.84. The molecule has 102 valence electrons. The Kier molecular flexibility index (Phi) is 7.23. The number of amides is 1. The first kappa shape index (κ1) is 16.6. The maximum Gasteiger partial charge on any atom is 0.225 e. The number of halogens is 3. The molecule has 2 N–H and O–H groups in total. The van der Waals surface area contributed by atoms with E-state index in [4.69, 9.17) is 0 Å². The van der Waals surface area contributed by atoms with E-state index < -0.39 is 17.4 Å². The monoisotopic (exact) mass is 280 g/mol. The van der Waals surface area contributed by atoms with E-state index in [1.807, 2.05) is 0 Å². The van der Waals surface area contributed by atoms with Gasteiger partial charge in [0, 0.05) is 30.8 Å². The van der Waals surface area contributed by atoms with Crippen molar-refractivity contribution < 1.29 is 18.3 Å². The fraction of sp³-hybridized carbons (Fsp3) is 0.364. The Hall–Kier alpha value is -1.40. The molecule has 1 amide bonds. The molecule has 0 bridgehead atoms. The fourth-order valence-corrected chi connectivity index (χ4v) is 1.29. The Bertz CT molecular complexity index is 393. The molecule has 0 aliphatic rings. The average Bonchev–Trinajstić information content (AvgIpc) is 2.26. The number of carbonyl (C=O) groups excluding carboxylic acids is 1. The predicted octanol–water partition coefficient (Wildman–Crippen LogP) is 1.94. The Morgan fingerprint density at radius 1 is 1.33 bits per heavy atom. The lowest BCUT2D eigenvalue weighted by Crippen LogP contribution is -2.18. The molecule has 7 heteroatoms. The van der Waals surface area contributed by atoms with E-state index in [1.54, 1.807) is 7.05 Å². The lowest BCUT2D eigenvalue weighted by atomic mass is 10.2. The second-order valence-corrected chi connectivity index (χ2v) is 3.37. The van der Waals surface area contributed by atoms with E-state index in [0.717, 1.165) is 12.1 Å². The molecule has 1 aromatic carbocycles. The fourth-order valence-electron chi connectivity index (χ4n) is 1.29. The van der Waals surface area contributed by atoms with Crippen molar-refractivity contribution >= 4 is 24.0 Å². The number of nitrogens with one attached hydrogen (secondary N) is 2. The largest absolute Gasteiger partial charge is 0.491 e. The Morgan fingerprint density at radius 3 is 2.33 bits per heavy atom. The molecule has 0 saturated heterocycles. The van der Waals surface area contributed by atoms with Crippen LogP contribution in [0.2, 0.25) is 0 Å². The number of hydrogen-bond acceptors (Lipinski definition) is 3. The molecule has 0 radical (unpaired) electrons. The third-order valence-corrected chi connectivity index (χ3v) is 2.09. The third kappa shape index (κ3) is 4.46. The van der Waals surface area contributed by atoms with E-state index >= 15 is 0 Å². The first-order valence-electron chi connectivity index (χ1n) is 5.06. The highest BCUT2D eigenvalue weighted by Gasteiger charge is 2.12. The molecule has 4 nitrogen and oxygen atoms in total. The minimum absolute atomic E-state index is 0. The summed E-state index contributed by atoms with van der Waals surface area (Å²) in [7, 11) is 2.88. The van der Waals surface area contributed by atoms with Crippen LogP contribution in [-0.2, 0) is 4.79 Å². The van der Waals surface area contributed by atoms with Crippen LogP contribution in [0.4, 0.5) is 14.5 Å². The van der Waals surface area contributed by atoms with Crippen molar-refractivity contribution in [3.05, 3.63) is 23.8 Å². The molecule has 0 atom stereocenters. The number of methoxy groups -OCH3 is 1. The molecule has 0 unspecified atom stereocenters. The van der Waals surface area contributed by atoms with Crippen LogP contribution in [-0.4, -0.2) is 26.6 Å². The molecule has 0 spiro atoms. The third-order valence-electron chi connectivity index (χ3n) is 2.09. The quantitative estimate of drug-likeness (QED) is 0.867. The minimum atomic E-state index is -0.851. The summed E-state index contributed by atoms with van der Waals surface area (Å²) in [5.41, 5.74) is 0.0712. The zero-order valence-corrected chi connectivity index (χ0v) is 10.9. The van der Waals surface area contributed by atoms with Gasteiger partial charge in [-0.1, -0.05) is 0 Å². The zero-order chi connectivity index (χ0) is 12.8. The van der Waals surface area contributed by atoms with E-state index in [2.05, 4.69) is 15.4 Å². The highest BCUT2D eigenvalue weighted by Crippen LogP contribution is 2.25. The lowest BCUT2D eigenvalue weighted by molar-refractivity contribution is -0.116. The summed E-state index contributed by atoms with van der Waals surface area (Å²) in [6.45, 7) is 0.493. The lowest BCUT2D eigenvalue weighted by Gasteiger charge is -2.08. The molecule has 0 heterocycles. The van der Waals surface area contributed by atoms with Gasteiger partial charge in [0.15, 0.2) is 17.4 Å². The number of rotatable bonds is 5. The molecule has 0 aliphatic heterocycles. The maximum atomic E-state index is 13.3. The Morgan fingerprint density at radius 2 is 1.89 bits per heavy atom. The van der Waals surface area contributed by atoms with Crippen molar-refractivity contribution in [2.24, 2.45) is 0 Å². The molecule has 0 aliphatic carbocycles. The van der Waals surface area contributed by atoms with E-state index in [0.29, 0.717) is 6.54 Å². The van der Waals surface area contributed by atoms with Crippen LogP contribution in [0.3, 0.4) is 0 Å². The summed E-state index contributed by atoms with van der Waals surface area (Å²) in [6.07, 6.45) is 0.228. The van der Waals surface area contributed by atoms with Crippen LogP contribution in [0.5, 0.6) is 5.75 Å². The summed E-state index contributed by atoms with van der Waals surface area (Å²) in [5, 5.41) is 5.19. The summed E-state index contributed by atoms with van der Waals surface area (Å²) in [5.74, 6) is -2.48. The van der Waals surface area contributed by atoms with Crippen molar-refractivity contribution in [2.45, 2.75) is 6.42 Å². The maximum absolute atomic E-state index is 13.3. The van der Waals surface area contributed by atoms with Crippen LogP contribution in [0, 0.1) is 11.6 Å². The van der Waals surface area contributed by atoms with Gasteiger partial charge in [-0.2, -0.15) is 0 Å². The van der Waals surface area contributed by atoms with Gasteiger partial charge in [-0.3, -0.25) is 4.79 Å². The molecular formula is C11H15ClF2N2O2. The molecule has 1 rings (SSSR count). The standard InChI is InChI=1S/C11H14F2N2O2.ClH/c1-14-4-3-10(16)15-7-5-8(12)11(17-2)9(13)6-7;/h5-6,14H,3-4H2,1-2H3,(H,15,16);1H. The van der Waals surface area contributed by atoms with Gasteiger partial charge in [0.2, 0.25) is 5.91 Å². The second-order valence-electron chi connectivity index (χ2n) is 3.37. The topological polar surface area (TPSA) is 50.4 Å².